The number of rotatable bonds is 12. The highest BCUT2D eigenvalue weighted by molar-refractivity contribution is 5.99. The van der Waals surface area contributed by atoms with Crippen LogP contribution in [0.5, 0.6) is 0 Å². The van der Waals surface area contributed by atoms with Gasteiger partial charge in [-0.05, 0) is 86.3 Å². The fourth-order valence-electron chi connectivity index (χ4n) is 7.55. The quantitative estimate of drug-likeness (QED) is 0.126. The van der Waals surface area contributed by atoms with Gasteiger partial charge in [0.05, 0.1) is 0 Å². The minimum atomic E-state index is -1.14. The predicted octanol–water partition coefficient (Wildman–Crippen LogP) is 7.08. The van der Waals surface area contributed by atoms with Gasteiger partial charge < -0.3 is 34.3 Å². The van der Waals surface area contributed by atoms with Crippen molar-refractivity contribution in [2.45, 2.75) is 63.8 Å². The van der Waals surface area contributed by atoms with E-state index in [1.54, 1.807) is 84.9 Å². The average molecular weight is 797 g/mol. The Kier molecular flexibility index (Phi) is 12.3. The van der Waals surface area contributed by atoms with Crippen LogP contribution in [0, 0.1) is 0 Å². The van der Waals surface area contributed by atoms with Crippen LogP contribution in [0.1, 0.15) is 62.9 Å². The Bertz CT molecular complexity index is 2150. The van der Waals surface area contributed by atoms with E-state index in [0.717, 1.165) is 11.1 Å². The zero-order chi connectivity index (χ0) is 41.5. The third-order valence-corrected chi connectivity index (χ3v) is 10.4. The lowest BCUT2D eigenvalue weighted by Gasteiger charge is -2.28. The Labute approximate surface area is 341 Å². The second-order valence-corrected chi connectivity index (χ2v) is 14.5. The smallest absolute Gasteiger partial charge is 0.303 e. The van der Waals surface area contributed by atoms with E-state index in [2.05, 4.69) is 10.6 Å². The van der Waals surface area contributed by atoms with Crippen LogP contribution in [0.3, 0.4) is 0 Å². The van der Waals surface area contributed by atoms with E-state index in [9.17, 15) is 28.8 Å². The van der Waals surface area contributed by atoms with E-state index in [1.807, 2.05) is 36.4 Å². The summed E-state index contributed by atoms with van der Waals surface area (Å²) < 4.78 is 17.0. The van der Waals surface area contributed by atoms with Crippen LogP contribution >= 0.6 is 0 Å². The SMILES string of the molecule is CC(=O)O[C@H](C(=O)N1CCC[C@H]1C(=O)Nc1ccc(-c2ccc(-c3ccc(NC(=O)[C@@H]4CCCN4C(=O)[C@@H](OC(C)=O)c4ccccc4)cc3)o2)cc1)c1ccccc1. The highest BCUT2D eigenvalue weighted by atomic mass is 16.6. The third-order valence-electron chi connectivity index (χ3n) is 10.4. The number of hydrogen-bond donors (Lipinski definition) is 2. The largest absolute Gasteiger partial charge is 0.456 e. The number of nitrogens with zero attached hydrogens (tertiary/aromatic N) is 2. The van der Waals surface area contributed by atoms with Crippen molar-refractivity contribution in [3.05, 3.63) is 132 Å². The third kappa shape index (κ3) is 9.41. The first-order valence-corrected chi connectivity index (χ1v) is 19.5. The summed E-state index contributed by atoms with van der Waals surface area (Å²) >= 11 is 0. The van der Waals surface area contributed by atoms with Gasteiger partial charge >= 0.3 is 11.9 Å². The minimum absolute atomic E-state index is 0.330. The van der Waals surface area contributed by atoms with Crippen LogP contribution in [0.25, 0.3) is 22.6 Å². The molecule has 0 bridgehead atoms. The molecule has 13 heteroatoms. The minimum Gasteiger partial charge on any atom is -0.456 e. The Hall–Kier alpha value is -7.02. The van der Waals surface area contributed by atoms with E-state index in [-0.39, 0.29) is 11.8 Å². The lowest BCUT2D eigenvalue weighted by atomic mass is 10.1. The molecule has 1 aromatic heterocycles. The number of hydrogen-bond acceptors (Lipinski definition) is 9. The summed E-state index contributed by atoms with van der Waals surface area (Å²) in [5.74, 6) is -1.50. The number of carbonyl (C=O) groups is 6. The maximum absolute atomic E-state index is 13.6. The van der Waals surface area contributed by atoms with E-state index >= 15 is 0 Å². The standard InChI is InChI=1S/C46H44N4O9/c1-29(51)57-41(33-11-5-3-6-12-33)45(55)49-27-9-15-37(49)43(53)47-35-21-17-31(18-22-35)39-25-26-40(59-39)32-19-23-36(24-20-32)48-44(54)38-16-10-28-50(38)46(56)42(58-30(2)52)34-13-7-4-8-14-34/h3-8,11-14,17-26,37-38,41-42H,9-10,15-16,27-28H2,1-2H3,(H,47,53)(H,48,54)/t37-,38-,41-,42-/m0/s1. The molecule has 0 spiro atoms. The summed E-state index contributed by atoms with van der Waals surface area (Å²) in [6.07, 6.45) is -0.0375. The monoisotopic (exact) mass is 796 g/mol. The van der Waals surface area contributed by atoms with Crippen molar-refractivity contribution in [1.82, 2.24) is 9.80 Å². The topological polar surface area (TPSA) is 165 Å². The predicted molar refractivity (Wildman–Crippen MR) is 218 cm³/mol. The maximum Gasteiger partial charge on any atom is 0.303 e. The highest BCUT2D eigenvalue weighted by Gasteiger charge is 2.40. The summed E-state index contributed by atoms with van der Waals surface area (Å²) in [4.78, 5) is 80.8. The number of likely N-dealkylation sites (tertiary alicyclic amines) is 2. The van der Waals surface area contributed by atoms with Gasteiger partial charge in [-0.2, -0.15) is 0 Å². The first-order chi connectivity index (χ1) is 28.5. The van der Waals surface area contributed by atoms with Crippen molar-refractivity contribution in [3.63, 3.8) is 0 Å². The van der Waals surface area contributed by atoms with Crippen molar-refractivity contribution in [3.8, 4) is 22.6 Å². The Balaban J connectivity index is 0.952. The second kappa shape index (κ2) is 18.1. The normalized spacial score (nSPS) is 17.1. The number of anilines is 2. The zero-order valence-electron chi connectivity index (χ0n) is 32.7. The van der Waals surface area contributed by atoms with Crippen molar-refractivity contribution >= 4 is 46.9 Å². The molecule has 13 nitrogen and oxygen atoms in total. The van der Waals surface area contributed by atoms with Crippen molar-refractivity contribution < 1.29 is 42.7 Å². The van der Waals surface area contributed by atoms with Gasteiger partial charge in [0.2, 0.25) is 24.0 Å². The van der Waals surface area contributed by atoms with Gasteiger partial charge in [-0.3, -0.25) is 28.8 Å². The van der Waals surface area contributed by atoms with Gasteiger partial charge in [-0.15, -0.1) is 0 Å². The fraction of sp³-hybridized carbons (Fsp3) is 0.261. The van der Waals surface area contributed by atoms with E-state index in [1.165, 1.54) is 23.6 Å². The van der Waals surface area contributed by atoms with Gasteiger partial charge in [-0.25, -0.2) is 0 Å². The summed E-state index contributed by atoms with van der Waals surface area (Å²) in [6.45, 7) is 3.25. The number of esters is 2. The van der Waals surface area contributed by atoms with Crippen LogP contribution < -0.4 is 10.6 Å². The molecule has 0 aliphatic carbocycles. The Morgan fingerprint density at radius 1 is 0.542 bits per heavy atom. The summed E-state index contributed by atoms with van der Waals surface area (Å²) in [7, 11) is 0. The molecule has 4 amide bonds. The Morgan fingerprint density at radius 2 is 0.915 bits per heavy atom. The molecule has 5 aromatic rings. The van der Waals surface area contributed by atoms with Gasteiger partial charge in [0, 0.05) is 60.6 Å². The summed E-state index contributed by atoms with van der Waals surface area (Å²) in [5, 5.41) is 5.84. The number of benzene rings is 4. The molecule has 0 saturated carbocycles. The average Bonchev–Trinajstić information content (AvgIpc) is 4.05. The molecule has 4 atom stereocenters. The fourth-order valence-corrected chi connectivity index (χ4v) is 7.55. The van der Waals surface area contributed by atoms with E-state index in [4.69, 9.17) is 13.9 Å². The van der Waals surface area contributed by atoms with Crippen LogP contribution in [0.2, 0.25) is 0 Å². The molecule has 2 saturated heterocycles. The second-order valence-electron chi connectivity index (χ2n) is 14.5. The summed E-state index contributed by atoms with van der Waals surface area (Å²) in [6, 6.07) is 34.1. The number of ether oxygens (including phenoxy) is 2. The molecule has 2 fully saturated rings. The van der Waals surface area contributed by atoms with E-state index < -0.39 is 48.0 Å². The highest BCUT2D eigenvalue weighted by Crippen LogP contribution is 2.32. The molecule has 59 heavy (non-hydrogen) atoms. The molecule has 2 aliphatic rings. The summed E-state index contributed by atoms with van der Waals surface area (Å²) in [5.41, 5.74) is 3.73. The molecule has 7 rings (SSSR count). The first kappa shape index (κ1) is 40.2. The first-order valence-electron chi connectivity index (χ1n) is 19.5. The molecule has 2 N–H and O–H groups in total. The molecule has 3 heterocycles. The maximum atomic E-state index is 13.6. The zero-order valence-corrected chi connectivity index (χ0v) is 32.7. The molecule has 4 aromatic carbocycles. The molecular formula is C46H44N4O9. The number of amides is 4. The molecular weight excluding hydrogens is 753 g/mol. The number of nitrogens with one attached hydrogen (secondary N) is 2. The molecule has 2 aliphatic heterocycles. The van der Waals surface area contributed by atoms with Gasteiger partial charge in [0.1, 0.15) is 23.6 Å². The number of furan rings is 1. The van der Waals surface area contributed by atoms with Crippen LogP contribution in [0.4, 0.5) is 11.4 Å². The van der Waals surface area contributed by atoms with Crippen LogP contribution in [-0.2, 0) is 38.2 Å². The van der Waals surface area contributed by atoms with Gasteiger partial charge in [0.25, 0.3) is 11.8 Å². The van der Waals surface area contributed by atoms with Gasteiger partial charge in [-0.1, -0.05) is 60.7 Å². The Morgan fingerprint density at radius 3 is 1.27 bits per heavy atom. The molecule has 0 radical (unpaired) electrons. The lowest BCUT2D eigenvalue weighted by Crippen LogP contribution is -2.45. The van der Waals surface area contributed by atoms with E-state index in [0.29, 0.717) is 72.8 Å². The van der Waals surface area contributed by atoms with Crippen LogP contribution in [-0.4, -0.2) is 70.5 Å². The van der Waals surface area contributed by atoms with Crippen molar-refractivity contribution in [2.75, 3.05) is 23.7 Å². The number of carbonyl (C=O) groups excluding carboxylic acids is 6. The molecule has 302 valence electrons. The van der Waals surface area contributed by atoms with Crippen LogP contribution in [0.15, 0.2) is 126 Å². The van der Waals surface area contributed by atoms with Crippen molar-refractivity contribution in [1.29, 1.82) is 0 Å². The van der Waals surface area contributed by atoms with Gasteiger partial charge in [0.15, 0.2) is 0 Å². The lowest BCUT2D eigenvalue weighted by molar-refractivity contribution is -0.160. The van der Waals surface area contributed by atoms with Crippen molar-refractivity contribution in [2.24, 2.45) is 0 Å². The molecule has 0 unspecified atom stereocenters.